The summed E-state index contributed by atoms with van der Waals surface area (Å²) >= 11 is 0. The summed E-state index contributed by atoms with van der Waals surface area (Å²) in [5.74, 6) is 2.24. The van der Waals surface area contributed by atoms with Crippen molar-refractivity contribution in [2.24, 2.45) is 17.8 Å². The minimum absolute atomic E-state index is 0.137. The van der Waals surface area contributed by atoms with Crippen molar-refractivity contribution in [1.29, 1.82) is 0 Å². The van der Waals surface area contributed by atoms with Gasteiger partial charge in [-0.2, -0.15) is 0 Å². The molecule has 0 amide bonds. The second-order valence-electron chi connectivity index (χ2n) is 8.43. The van der Waals surface area contributed by atoms with Crippen LogP contribution in [0.1, 0.15) is 48.9 Å². The summed E-state index contributed by atoms with van der Waals surface area (Å²) in [6, 6.07) is 18.1. The van der Waals surface area contributed by atoms with Crippen LogP contribution in [0.2, 0.25) is 0 Å². The van der Waals surface area contributed by atoms with Gasteiger partial charge >= 0.3 is 5.97 Å². The maximum Gasteiger partial charge on any atom is 0.338 e. The van der Waals surface area contributed by atoms with E-state index in [1.807, 2.05) is 42.5 Å². The molecule has 0 N–H and O–H groups in total. The molecule has 0 heterocycles. The van der Waals surface area contributed by atoms with Crippen molar-refractivity contribution in [2.75, 3.05) is 0 Å². The summed E-state index contributed by atoms with van der Waals surface area (Å²) in [5, 5.41) is 0. The Morgan fingerprint density at radius 2 is 1.28 bits per heavy atom. The number of hydrogen-bond donors (Lipinski definition) is 0. The van der Waals surface area contributed by atoms with Gasteiger partial charge in [-0.15, -0.1) is 0 Å². The van der Waals surface area contributed by atoms with Gasteiger partial charge in [0.25, 0.3) is 0 Å². The molecule has 0 aromatic heterocycles. The van der Waals surface area contributed by atoms with Crippen molar-refractivity contribution >= 4 is 5.97 Å². The Balaban J connectivity index is 1.33. The van der Waals surface area contributed by atoms with Crippen LogP contribution in [0.3, 0.4) is 0 Å². The normalized spacial score (nSPS) is 32.6. The SMILES string of the molecule is O=C(OC12CC3CC(CC(C3)C1)C2)c1ccc(-c2ccccc2)cc1. The summed E-state index contributed by atoms with van der Waals surface area (Å²) in [6.45, 7) is 0. The third kappa shape index (κ3) is 2.78. The molecule has 0 aliphatic heterocycles. The molecule has 6 rings (SSSR count). The Bertz CT molecular complexity index is 740. The Morgan fingerprint density at radius 1 is 0.760 bits per heavy atom. The molecule has 4 fully saturated rings. The zero-order valence-corrected chi connectivity index (χ0v) is 14.5. The second-order valence-corrected chi connectivity index (χ2v) is 8.43. The lowest BCUT2D eigenvalue weighted by Gasteiger charge is -2.55. The van der Waals surface area contributed by atoms with Gasteiger partial charge in [0.2, 0.25) is 0 Å². The van der Waals surface area contributed by atoms with Gasteiger partial charge in [-0.05, 0) is 79.5 Å². The van der Waals surface area contributed by atoms with Crippen LogP contribution in [-0.2, 0) is 4.74 Å². The number of benzene rings is 2. The number of carbonyl (C=O) groups is 1. The predicted octanol–water partition coefficient (Wildman–Crippen LogP) is 5.48. The van der Waals surface area contributed by atoms with Crippen LogP contribution < -0.4 is 0 Å². The first-order valence-electron chi connectivity index (χ1n) is 9.58. The van der Waals surface area contributed by atoms with Gasteiger partial charge in [-0.1, -0.05) is 42.5 Å². The van der Waals surface area contributed by atoms with E-state index in [-0.39, 0.29) is 11.6 Å². The Morgan fingerprint density at radius 3 is 1.84 bits per heavy atom. The molecule has 0 atom stereocenters. The zero-order chi connectivity index (χ0) is 16.9. The van der Waals surface area contributed by atoms with Gasteiger partial charge in [-0.25, -0.2) is 4.79 Å². The monoisotopic (exact) mass is 332 g/mol. The van der Waals surface area contributed by atoms with E-state index in [9.17, 15) is 4.79 Å². The van der Waals surface area contributed by atoms with Crippen molar-refractivity contribution < 1.29 is 9.53 Å². The van der Waals surface area contributed by atoms with Crippen LogP contribution in [0.5, 0.6) is 0 Å². The molecule has 0 spiro atoms. The molecule has 4 saturated carbocycles. The fraction of sp³-hybridized carbons (Fsp3) is 0.435. The third-order valence-electron chi connectivity index (χ3n) is 6.52. The van der Waals surface area contributed by atoms with Crippen LogP contribution in [0, 0.1) is 17.8 Å². The standard InChI is InChI=1S/C23H24O2/c24-22(21-8-6-20(7-9-21)19-4-2-1-3-5-19)25-23-13-16-10-17(14-23)12-18(11-16)15-23/h1-9,16-18H,10-15H2. The minimum Gasteiger partial charge on any atom is -0.455 e. The molecule has 128 valence electrons. The summed E-state index contributed by atoms with van der Waals surface area (Å²) in [4.78, 5) is 12.8. The van der Waals surface area contributed by atoms with Crippen molar-refractivity contribution in [1.82, 2.24) is 0 Å². The van der Waals surface area contributed by atoms with E-state index in [1.54, 1.807) is 0 Å². The highest BCUT2D eigenvalue weighted by Crippen LogP contribution is 2.57. The van der Waals surface area contributed by atoms with Crippen LogP contribution >= 0.6 is 0 Å². The Labute approximate surface area is 149 Å². The van der Waals surface area contributed by atoms with Gasteiger partial charge < -0.3 is 4.74 Å². The number of carbonyl (C=O) groups excluding carboxylic acids is 1. The fourth-order valence-electron chi connectivity index (χ4n) is 5.84. The molecule has 4 bridgehead atoms. The average molecular weight is 332 g/mol. The lowest BCUT2D eigenvalue weighted by atomic mass is 9.54. The van der Waals surface area contributed by atoms with Crippen LogP contribution in [0.4, 0.5) is 0 Å². The topological polar surface area (TPSA) is 26.3 Å². The quantitative estimate of drug-likeness (QED) is 0.696. The number of rotatable bonds is 3. The summed E-state index contributed by atoms with van der Waals surface area (Å²) < 4.78 is 6.14. The van der Waals surface area contributed by atoms with Crippen molar-refractivity contribution in [3.8, 4) is 11.1 Å². The average Bonchev–Trinajstić information content (AvgIpc) is 2.61. The van der Waals surface area contributed by atoms with Crippen molar-refractivity contribution in [3.05, 3.63) is 60.2 Å². The number of ether oxygens (including phenoxy) is 1. The molecule has 25 heavy (non-hydrogen) atoms. The van der Waals surface area contributed by atoms with Crippen molar-refractivity contribution in [3.63, 3.8) is 0 Å². The van der Waals surface area contributed by atoms with E-state index < -0.39 is 0 Å². The fourth-order valence-corrected chi connectivity index (χ4v) is 5.84. The highest BCUT2D eigenvalue weighted by molar-refractivity contribution is 5.90. The van der Waals surface area contributed by atoms with E-state index in [2.05, 4.69) is 12.1 Å². The largest absolute Gasteiger partial charge is 0.455 e. The molecule has 2 aromatic carbocycles. The molecular weight excluding hydrogens is 308 g/mol. The first-order chi connectivity index (χ1) is 12.2. The Hall–Kier alpha value is -2.09. The van der Waals surface area contributed by atoms with Crippen molar-refractivity contribution in [2.45, 2.75) is 44.1 Å². The summed E-state index contributed by atoms with van der Waals surface area (Å²) in [7, 11) is 0. The van der Waals surface area contributed by atoms with Crippen LogP contribution in [0.25, 0.3) is 11.1 Å². The van der Waals surface area contributed by atoms with Gasteiger partial charge in [0.15, 0.2) is 0 Å². The minimum atomic E-state index is -0.163. The summed E-state index contributed by atoms with van der Waals surface area (Å²) in [5.41, 5.74) is 2.81. The summed E-state index contributed by atoms with van der Waals surface area (Å²) in [6.07, 6.45) is 7.36. The van der Waals surface area contributed by atoms with E-state index >= 15 is 0 Å². The lowest BCUT2D eigenvalue weighted by molar-refractivity contribution is -0.131. The molecule has 4 aliphatic carbocycles. The first-order valence-corrected chi connectivity index (χ1v) is 9.58. The third-order valence-corrected chi connectivity index (χ3v) is 6.52. The maximum atomic E-state index is 12.8. The van der Waals surface area contributed by atoms with Crippen LogP contribution in [-0.4, -0.2) is 11.6 Å². The smallest absolute Gasteiger partial charge is 0.338 e. The Kier molecular flexibility index (Phi) is 3.48. The molecule has 2 heteroatoms. The van der Waals surface area contributed by atoms with Gasteiger partial charge in [-0.3, -0.25) is 0 Å². The highest BCUT2D eigenvalue weighted by Gasteiger charge is 2.53. The molecule has 2 nitrogen and oxygen atoms in total. The molecule has 2 aromatic rings. The molecule has 0 unspecified atom stereocenters. The molecule has 0 saturated heterocycles. The van der Waals surface area contributed by atoms with E-state index in [0.717, 1.165) is 42.6 Å². The van der Waals surface area contributed by atoms with E-state index in [1.165, 1.54) is 24.8 Å². The van der Waals surface area contributed by atoms with Gasteiger partial charge in [0.05, 0.1) is 5.56 Å². The number of hydrogen-bond acceptors (Lipinski definition) is 2. The predicted molar refractivity (Wildman–Crippen MR) is 98.2 cm³/mol. The molecular formula is C23H24O2. The first kappa shape index (κ1) is 15.2. The molecule has 4 aliphatic rings. The van der Waals surface area contributed by atoms with Gasteiger partial charge in [0, 0.05) is 0 Å². The van der Waals surface area contributed by atoms with E-state index in [0.29, 0.717) is 5.56 Å². The van der Waals surface area contributed by atoms with Gasteiger partial charge in [0.1, 0.15) is 5.60 Å². The highest BCUT2D eigenvalue weighted by atomic mass is 16.6. The maximum absolute atomic E-state index is 12.8. The van der Waals surface area contributed by atoms with Crippen LogP contribution in [0.15, 0.2) is 54.6 Å². The second kappa shape index (κ2) is 5.72. The lowest BCUT2D eigenvalue weighted by Crippen LogP contribution is -2.52. The zero-order valence-electron chi connectivity index (χ0n) is 14.5. The number of esters is 1. The van der Waals surface area contributed by atoms with E-state index in [4.69, 9.17) is 4.74 Å². The molecule has 0 radical (unpaired) electrons.